The third-order valence-corrected chi connectivity index (χ3v) is 4.14. The highest BCUT2D eigenvalue weighted by Crippen LogP contribution is 2.32. The largest absolute Gasteiger partial charge is 0.372 e. The second-order valence-corrected chi connectivity index (χ2v) is 5.57. The molecule has 0 fully saturated rings. The second-order valence-electron chi connectivity index (χ2n) is 5.57. The minimum absolute atomic E-state index is 0.233. The number of halogens is 1. The van der Waals surface area contributed by atoms with Crippen LogP contribution in [0, 0.1) is 5.82 Å². The molecule has 1 aliphatic heterocycles. The number of amides is 1. The summed E-state index contributed by atoms with van der Waals surface area (Å²) < 4.78 is 13.4. The molecule has 0 saturated carbocycles. The van der Waals surface area contributed by atoms with Gasteiger partial charge in [0.15, 0.2) is 0 Å². The zero-order chi connectivity index (χ0) is 17.1. The van der Waals surface area contributed by atoms with E-state index in [1.165, 1.54) is 12.1 Å². The lowest BCUT2D eigenvalue weighted by Crippen LogP contribution is -2.21. The van der Waals surface area contributed by atoms with Crippen molar-refractivity contribution in [2.45, 2.75) is 13.8 Å². The summed E-state index contributed by atoms with van der Waals surface area (Å²) in [4.78, 5) is 14.3. The van der Waals surface area contributed by atoms with Crippen molar-refractivity contribution in [1.29, 1.82) is 0 Å². The van der Waals surface area contributed by atoms with Crippen molar-refractivity contribution in [1.82, 2.24) is 0 Å². The van der Waals surface area contributed by atoms with Crippen LogP contribution in [0.15, 0.2) is 48.7 Å². The van der Waals surface area contributed by atoms with Gasteiger partial charge in [-0.05, 0) is 56.3 Å². The van der Waals surface area contributed by atoms with E-state index in [0.717, 1.165) is 24.5 Å². The number of carbonyl (C=O) groups excluding carboxylic acids is 1. The van der Waals surface area contributed by atoms with Crippen molar-refractivity contribution >= 4 is 28.5 Å². The molecule has 3 rings (SSSR count). The van der Waals surface area contributed by atoms with E-state index in [2.05, 4.69) is 29.4 Å². The topological polar surface area (TPSA) is 44.4 Å². The SMILES string of the molecule is CCN(CC)c1ccc(N/C=C2/C(=O)Nc3ccc(F)cc32)cc1. The number of rotatable bonds is 5. The highest BCUT2D eigenvalue weighted by atomic mass is 19.1. The Bertz CT molecular complexity index is 780. The van der Waals surface area contributed by atoms with Crippen LogP contribution in [0.25, 0.3) is 5.57 Å². The number of anilines is 3. The first-order chi connectivity index (χ1) is 11.6. The molecular formula is C19H20FN3O. The smallest absolute Gasteiger partial charge is 0.257 e. The second kappa shape index (κ2) is 6.74. The average Bonchev–Trinajstić information content (AvgIpc) is 2.90. The minimum Gasteiger partial charge on any atom is -0.372 e. The predicted molar refractivity (Wildman–Crippen MR) is 96.6 cm³/mol. The maximum Gasteiger partial charge on any atom is 0.257 e. The Hall–Kier alpha value is -2.82. The molecule has 0 saturated heterocycles. The molecule has 0 atom stereocenters. The van der Waals surface area contributed by atoms with Gasteiger partial charge in [-0.15, -0.1) is 0 Å². The highest BCUT2D eigenvalue weighted by molar-refractivity contribution is 6.31. The Labute approximate surface area is 141 Å². The molecule has 1 aliphatic rings. The van der Waals surface area contributed by atoms with Gasteiger partial charge in [0.2, 0.25) is 0 Å². The molecule has 0 spiro atoms. The number of fused-ring (bicyclic) bond motifs is 1. The molecule has 4 nitrogen and oxygen atoms in total. The molecule has 0 bridgehead atoms. The molecule has 0 radical (unpaired) electrons. The van der Waals surface area contributed by atoms with Crippen molar-refractivity contribution in [2.75, 3.05) is 28.6 Å². The molecule has 5 heteroatoms. The number of hydrogen-bond acceptors (Lipinski definition) is 3. The van der Waals surface area contributed by atoms with Gasteiger partial charge in [-0.3, -0.25) is 4.79 Å². The van der Waals surface area contributed by atoms with Gasteiger partial charge in [-0.2, -0.15) is 0 Å². The summed E-state index contributed by atoms with van der Waals surface area (Å²) in [5, 5.41) is 5.85. The summed E-state index contributed by atoms with van der Waals surface area (Å²) in [5.74, 6) is -0.595. The van der Waals surface area contributed by atoms with Crippen LogP contribution in [-0.4, -0.2) is 19.0 Å². The molecule has 2 aromatic carbocycles. The number of nitrogens with zero attached hydrogens (tertiary/aromatic N) is 1. The molecule has 124 valence electrons. The average molecular weight is 325 g/mol. The number of nitrogens with one attached hydrogen (secondary N) is 2. The summed E-state index contributed by atoms with van der Waals surface area (Å²) in [6.07, 6.45) is 1.62. The minimum atomic E-state index is -0.361. The first-order valence-corrected chi connectivity index (χ1v) is 8.05. The fourth-order valence-electron chi connectivity index (χ4n) is 2.82. The van der Waals surface area contributed by atoms with Crippen molar-refractivity contribution in [3.8, 4) is 0 Å². The van der Waals surface area contributed by atoms with Crippen LogP contribution in [0.3, 0.4) is 0 Å². The van der Waals surface area contributed by atoms with Gasteiger partial charge in [0.1, 0.15) is 5.82 Å². The van der Waals surface area contributed by atoms with E-state index in [-0.39, 0.29) is 11.7 Å². The lowest BCUT2D eigenvalue weighted by Gasteiger charge is -2.21. The standard InChI is InChI=1S/C19H20FN3O/c1-3-23(4-2)15-8-6-14(7-9-15)21-12-17-16-11-13(20)5-10-18(16)22-19(17)24/h5-12,21H,3-4H2,1-2H3,(H,22,24)/b17-12+. The Morgan fingerprint density at radius 1 is 1.12 bits per heavy atom. The van der Waals surface area contributed by atoms with Crippen molar-refractivity contribution in [3.63, 3.8) is 0 Å². The number of benzene rings is 2. The van der Waals surface area contributed by atoms with Gasteiger partial charge < -0.3 is 15.5 Å². The first kappa shape index (κ1) is 16.1. The third-order valence-electron chi connectivity index (χ3n) is 4.14. The lowest BCUT2D eigenvalue weighted by molar-refractivity contribution is -0.110. The van der Waals surface area contributed by atoms with Crippen LogP contribution >= 0.6 is 0 Å². The van der Waals surface area contributed by atoms with Crippen LogP contribution in [0.2, 0.25) is 0 Å². The molecule has 1 amide bonds. The Morgan fingerprint density at radius 2 is 1.83 bits per heavy atom. The van der Waals surface area contributed by atoms with E-state index in [1.54, 1.807) is 12.3 Å². The first-order valence-electron chi connectivity index (χ1n) is 8.05. The Morgan fingerprint density at radius 3 is 2.50 bits per heavy atom. The van der Waals surface area contributed by atoms with Gasteiger partial charge >= 0.3 is 0 Å². The zero-order valence-corrected chi connectivity index (χ0v) is 13.8. The Balaban J connectivity index is 1.79. The quantitative estimate of drug-likeness (QED) is 0.814. The molecule has 2 N–H and O–H groups in total. The summed E-state index contributed by atoms with van der Waals surface area (Å²) >= 11 is 0. The van der Waals surface area contributed by atoms with Crippen LogP contribution in [0.5, 0.6) is 0 Å². The maximum atomic E-state index is 13.4. The van der Waals surface area contributed by atoms with Gasteiger partial charge in [-0.25, -0.2) is 4.39 Å². The van der Waals surface area contributed by atoms with Crippen molar-refractivity contribution in [3.05, 3.63) is 60.0 Å². The third kappa shape index (κ3) is 3.11. The predicted octanol–water partition coefficient (Wildman–Crippen LogP) is 4.08. The molecular weight excluding hydrogens is 305 g/mol. The molecule has 0 aliphatic carbocycles. The monoisotopic (exact) mass is 325 g/mol. The van der Waals surface area contributed by atoms with Crippen molar-refractivity contribution in [2.24, 2.45) is 0 Å². The van der Waals surface area contributed by atoms with E-state index >= 15 is 0 Å². The van der Waals surface area contributed by atoms with E-state index < -0.39 is 0 Å². The molecule has 2 aromatic rings. The molecule has 1 heterocycles. The van der Waals surface area contributed by atoms with E-state index in [4.69, 9.17) is 0 Å². The summed E-state index contributed by atoms with van der Waals surface area (Å²) in [5.41, 5.74) is 3.66. The van der Waals surface area contributed by atoms with Crippen LogP contribution in [0.1, 0.15) is 19.4 Å². The zero-order valence-electron chi connectivity index (χ0n) is 13.8. The highest BCUT2D eigenvalue weighted by Gasteiger charge is 2.24. The molecule has 0 aromatic heterocycles. The van der Waals surface area contributed by atoms with Crippen molar-refractivity contribution < 1.29 is 9.18 Å². The van der Waals surface area contributed by atoms with Gasteiger partial charge in [0.25, 0.3) is 5.91 Å². The van der Waals surface area contributed by atoms with Gasteiger partial charge in [0.05, 0.1) is 5.57 Å². The maximum absolute atomic E-state index is 13.4. The van der Waals surface area contributed by atoms with Crippen LogP contribution in [-0.2, 0) is 4.79 Å². The van der Waals surface area contributed by atoms with Crippen LogP contribution < -0.4 is 15.5 Å². The number of hydrogen-bond donors (Lipinski definition) is 2. The van der Waals surface area contributed by atoms with E-state index in [9.17, 15) is 9.18 Å². The molecule has 24 heavy (non-hydrogen) atoms. The van der Waals surface area contributed by atoms with E-state index in [0.29, 0.717) is 16.8 Å². The summed E-state index contributed by atoms with van der Waals surface area (Å²) in [6, 6.07) is 12.3. The van der Waals surface area contributed by atoms with Crippen LogP contribution in [0.4, 0.5) is 21.5 Å². The number of carbonyl (C=O) groups is 1. The summed E-state index contributed by atoms with van der Waals surface area (Å²) in [7, 11) is 0. The summed E-state index contributed by atoms with van der Waals surface area (Å²) in [6.45, 7) is 6.15. The van der Waals surface area contributed by atoms with E-state index in [1.807, 2.05) is 24.3 Å². The Kier molecular flexibility index (Phi) is 4.51. The normalized spacial score (nSPS) is 14.5. The van der Waals surface area contributed by atoms with Gasteiger partial charge in [0, 0.05) is 41.9 Å². The molecule has 0 unspecified atom stereocenters. The fourth-order valence-corrected chi connectivity index (χ4v) is 2.82. The van der Waals surface area contributed by atoms with Gasteiger partial charge in [-0.1, -0.05) is 0 Å². The fraction of sp³-hybridized carbons (Fsp3) is 0.211. The lowest BCUT2D eigenvalue weighted by atomic mass is 10.1.